The van der Waals surface area contributed by atoms with Gasteiger partial charge >= 0.3 is 5.97 Å². The fourth-order valence-corrected chi connectivity index (χ4v) is 1.71. The van der Waals surface area contributed by atoms with Crippen LogP contribution in [0.4, 0.5) is 8.78 Å². The molecule has 1 aromatic rings. The van der Waals surface area contributed by atoms with E-state index in [1.165, 1.54) is 19.1 Å². The van der Waals surface area contributed by atoms with Crippen LogP contribution in [-0.2, 0) is 10.3 Å². The van der Waals surface area contributed by atoms with Crippen molar-refractivity contribution in [1.29, 1.82) is 0 Å². The molecule has 0 aliphatic heterocycles. The molecule has 0 aliphatic carbocycles. The van der Waals surface area contributed by atoms with Gasteiger partial charge in [0.25, 0.3) is 0 Å². The van der Waals surface area contributed by atoms with Gasteiger partial charge in [-0.25, -0.2) is 13.6 Å². The molecule has 1 unspecified atom stereocenters. The summed E-state index contributed by atoms with van der Waals surface area (Å²) in [5.41, 5.74) is -1.87. The van der Waals surface area contributed by atoms with Crippen LogP contribution in [-0.4, -0.2) is 43.2 Å². The number of nitrogens with one attached hydrogen (secondary N) is 1. The van der Waals surface area contributed by atoms with Crippen molar-refractivity contribution in [2.24, 2.45) is 0 Å². The molecule has 0 aliphatic rings. The number of nitrogens with zero attached hydrogens (tertiary/aromatic N) is 1. The molecule has 0 saturated heterocycles. The summed E-state index contributed by atoms with van der Waals surface area (Å²) in [7, 11) is 3.67. The monoisotopic (exact) mass is 272 g/mol. The second kappa shape index (κ2) is 6.08. The summed E-state index contributed by atoms with van der Waals surface area (Å²) >= 11 is 0. The molecule has 2 N–H and O–H groups in total. The van der Waals surface area contributed by atoms with Gasteiger partial charge in [0.1, 0.15) is 5.54 Å². The molecule has 6 heteroatoms. The quantitative estimate of drug-likeness (QED) is 0.822. The maximum Gasteiger partial charge on any atom is 0.328 e. The van der Waals surface area contributed by atoms with Crippen molar-refractivity contribution < 1.29 is 18.7 Å². The lowest BCUT2D eigenvalue weighted by molar-refractivity contribution is -0.144. The summed E-state index contributed by atoms with van der Waals surface area (Å²) in [6, 6.07) is 3.53. The van der Waals surface area contributed by atoms with E-state index in [9.17, 15) is 18.7 Å². The van der Waals surface area contributed by atoms with E-state index in [4.69, 9.17) is 0 Å². The van der Waals surface area contributed by atoms with E-state index in [0.29, 0.717) is 13.1 Å². The highest BCUT2D eigenvalue weighted by Crippen LogP contribution is 2.25. The Morgan fingerprint density at radius 1 is 1.42 bits per heavy atom. The van der Waals surface area contributed by atoms with E-state index in [1.54, 1.807) is 0 Å². The van der Waals surface area contributed by atoms with Crippen molar-refractivity contribution >= 4 is 5.97 Å². The fraction of sp³-hybridized carbons (Fsp3) is 0.462. The number of rotatable bonds is 6. The zero-order chi connectivity index (χ0) is 14.6. The van der Waals surface area contributed by atoms with Gasteiger partial charge in [0.05, 0.1) is 0 Å². The predicted octanol–water partition coefficient (Wildman–Crippen LogP) is 1.42. The van der Waals surface area contributed by atoms with Crippen molar-refractivity contribution in [2.45, 2.75) is 12.5 Å². The van der Waals surface area contributed by atoms with Crippen molar-refractivity contribution in [1.82, 2.24) is 10.2 Å². The number of carboxylic acids is 1. The number of hydrogen-bond acceptors (Lipinski definition) is 3. The topological polar surface area (TPSA) is 52.6 Å². The molecule has 1 aromatic carbocycles. The number of aliphatic carboxylic acids is 1. The van der Waals surface area contributed by atoms with Crippen LogP contribution in [0, 0.1) is 11.6 Å². The van der Waals surface area contributed by atoms with Crippen molar-refractivity contribution in [3.05, 3.63) is 35.4 Å². The first-order valence-electron chi connectivity index (χ1n) is 5.86. The average Bonchev–Trinajstić information content (AvgIpc) is 2.31. The Balaban J connectivity index is 3.05. The van der Waals surface area contributed by atoms with Crippen LogP contribution in [0.1, 0.15) is 12.5 Å². The third-order valence-electron chi connectivity index (χ3n) is 2.96. The summed E-state index contributed by atoms with van der Waals surface area (Å²) in [4.78, 5) is 13.3. The summed E-state index contributed by atoms with van der Waals surface area (Å²) < 4.78 is 27.0. The number of halogens is 2. The van der Waals surface area contributed by atoms with Gasteiger partial charge in [0.15, 0.2) is 11.6 Å². The fourth-order valence-electron chi connectivity index (χ4n) is 1.71. The summed E-state index contributed by atoms with van der Waals surface area (Å²) in [6.07, 6.45) is 0. The molecule has 0 radical (unpaired) electrons. The highest BCUT2D eigenvalue weighted by Gasteiger charge is 2.37. The van der Waals surface area contributed by atoms with Gasteiger partial charge in [-0.15, -0.1) is 0 Å². The molecule has 0 fully saturated rings. The lowest BCUT2D eigenvalue weighted by atomic mass is 9.91. The van der Waals surface area contributed by atoms with E-state index in [2.05, 4.69) is 5.32 Å². The van der Waals surface area contributed by atoms with Gasteiger partial charge in [-0.05, 0) is 27.1 Å². The second-order valence-corrected chi connectivity index (χ2v) is 4.76. The Morgan fingerprint density at radius 2 is 2.05 bits per heavy atom. The largest absolute Gasteiger partial charge is 0.480 e. The van der Waals surface area contributed by atoms with E-state index in [1.807, 2.05) is 19.0 Å². The molecular formula is C13H18F2N2O2. The first-order chi connectivity index (χ1) is 8.79. The van der Waals surface area contributed by atoms with Gasteiger partial charge in [-0.3, -0.25) is 5.32 Å². The molecule has 0 spiro atoms. The summed E-state index contributed by atoms with van der Waals surface area (Å²) in [6.45, 7) is 2.24. The summed E-state index contributed by atoms with van der Waals surface area (Å²) in [5, 5.41) is 12.1. The van der Waals surface area contributed by atoms with Gasteiger partial charge in [-0.1, -0.05) is 12.1 Å². The molecular weight excluding hydrogens is 254 g/mol. The molecule has 0 saturated carbocycles. The van der Waals surface area contributed by atoms with Crippen LogP contribution in [0.2, 0.25) is 0 Å². The first-order valence-corrected chi connectivity index (χ1v) is 5.86. The highest BCUT2D eigenvalue weighted by molar-refractivity contribution is 5.80. The van der Waals surface area contributed by atoms with Crippen LogP contribution in [0.15, 0.2) is 18.2 Å². The van der Waals surface area contributed by atoms with E-state index >= 15 is 0 Å². The maximum absolute atomic E-state index is 13.8. The van der Waals surface area contributed by atoms with E-state index in [0.717, 1.165) is 6.07 Å². The minimum absolute atomic E-state index is 0.209. The second-order valence-electron chi connectivity index (χ2n) is 4.76. The number of benzene rings is 1. The van der Waals surface area contributed by atoms with Gasteiger partial charge < -0.3 is 10.0 Å². The van der Waals surface area contributed by atoms with E-state index < -0.39 is 23.1 Å². The Bertz CT molecular complexity index is 466. The molecule has 1 rings (SSSR count). The lowest BCUT2D eigenvalue weighted by Crippen LogP contribution is -2.49. The maximum atomic E-state index is 13.8. The molecule has 4 nitrogen and oxygen atoms in total. The Labute approximate surface area is 111 Å². The lowest BCUT2D eigenvalue weighted by Gasteiger charge is -2.28. The molecule has 0 heterocycles. The Hall–Kier alpha value is -1.53. The van der Waals surface area contributed by atoms with Gasteiger partial charge in [0.2, 0.25) is 0 Å². The van der Waals surface area contributed by atoms with E-state index in [-0.39, 0.29) is 5.56 Å². The average molecular weight is 272 g/mol. The van der Waals surface area contributed by atoms with Crippen LogP contribution in [0.3, 0.4) is 0 Å². The van der Waals surface area contributed by atoms with Crippen molar-refractivity contribution in [3.63, 3.8) is 0 Å². The number of carbonyl (C=O) groups is 1. The van der Waals surface area contributed by atoms with Crippen molar-refractivity contribution in [2.75, 3.05) is 27.2 Å². The minimum atomic E-state index is -1.66. The number of likely N-dealkylation sites (N-methyl/N-ethyl adjacent to an activating group) is 1. The van der Waals surface area contributed by atoms with Crippen LogP contribution in [0.5, 0.6) is 0 Å². The smallest absolute Gasteiger partial charge is 0.328 e. The Kier molecular flexibility index (Phi) is 4.97. The van der Waals surface area contributed by atoms with Gasteiger partial charge in [-0.2, -0.15) is 0 Å². The van der Waals surface area contributed by atoms with Crippen LogP contribution in [0.25, 0.3) is 0 Å². The zero-order valence-electron chi connectivity index (χ0n) is 11.2. The molecule has 0 amide bonds. The zero-order valence-corrected chi connectivity index (χ0v) is 11.2. The highest BCUT2D eigenvalue weighted by atomic mass is 19.2. The third-order valence-corrected chi connectivity index (χ3v) is 2.96. The number of carboxylic acid groups (broad SMARTS) is 1. The Morgan fingerprint density at radius 3 is 2.58 bits per heavy atom. The molecule has 0 bridgehead atoms. The summed E-state index contributed by atoms with van der Waals surface area (Å²) in [5.74, 6) is -3.44. The third kappa shape index (κ3) is 3.48. The normalized spacial score (nSPS) is 14.4. The van der Waals surface area contributed by atoms with Crippen molar-refractivity contribution in [3.8, 4) is 0 Å². The first kappa shape index (κ1) is 15.5. The minimum Gasteiger partial charge on any atom is -0.480 e. The molecule has 106 valence electrons. The molecule has 0 aromatic heterocycles. The SMILES string of the molecule is CN(C)CCNC(C)(C(=O)O)c1cccc(F)c1F. The molecule has 1 atom stereocenters. The standard InChI is InChI=1S/C13H18F2N2O2/c1-13(12(18)19,16-7-8-17(2)3)9-5-4-6-10(14)11(9)15/h4-6,16H,7-8H2,1-3H3,(H,18,19). The predicted molar refractivity (Wildman–Crippen MR) is 67.9 cm³/mol. The van der Waals surface area contributed by atoms with Gasteiger partial charge in [0, 0.05) is 18.7 Å². The number of hydrogen-bond donors (Lipinski definition) is 2. The van der Waals surface area contributed by atoms with Crippen LogP contribution >= 0.6 is 0 Å². The molecule has 19 heavy (non-hydrogen) atoms. The van der Waals surface area contributed by atoms with Crippen LogP contribution < -0.4 is 5.32 Å².